The molecule has 1 unspecified atom stereocenters. The van der Waals surface area contributed by atoms with E-state index in [1.165, 1.54) is 39.2 Å². The normalized spacial score (nSPS) is 27.4. The van der Waals surface area contributed by atoms with Crippen molar-refractivity contribution >= 4 is 24.5 Å². The first-order valence-corrected chi connectivity index (χ1v) is 16.0. The van der Waals surface area contributed by atoms with Crippen LogP contribution in [0.4, 0.5) is 4.79 Å². The molecule has 3 heterocycles. The molecule has 1 aromatic heterocycles. The van der Waals surface area contributed by atoms with Crippen molar-refractivity contribution < 1.29 is 31.3 Å². The molecule has 13 nitrogen and oxygen atoms in total. The number of aromatic nitrogens is 2. The summed E-state index contributed by atoms with van der Waals surface area (Å²) in [5, 5.41) is 0.435. The van der Waals surface area contributed by atoms with Crippen LogP contribution in [-0.2, 0) is 35.2 Å². The number of nitrogens with zero attached hydrogens (tertiary/aromatic N) is 3. The fourth-order valence-electron chi connectivity index (χ4n) is 4.02. The quantitative estimate of drug-likeness (QED) is 0.402. The molecule has 3 rings (SSSR count). The van der Waals surface area contributed by atoms with Gasteiger partial charge in [-0.05, 0) is 25.1 Å². The number of rotatable bonds is 5. The summed E-state index contributed by atoms with van der Waals surface area (Å²) >= 11 is 0. The molecule has 37 heavy (non-hydrogen) atoms. The Labute approximate surface area is 217 Å². The topological polar surface area (TPSA) is 161 Å². The molecule has 2 aliphatic heterocycles. The lowest BCUT2D eigenvalue weighted by Gasteiger charge is -2.43. The van der Waals surface area contributed by atoms with Crippen molar-refractivity contribution in [3.63, 3.8) is 0 Å². The summed E-state index contributed by atoms with van der Waals surface area (Å²) in [5.41, 5.74) is 3.20. The zero-order chi connectivity index (χ0) is 28.3. The Morgan fingerprint density at radius 2 is 1.86 bits per heavy atom. The molecule has 0 aromatic carbocycles. The van der Waals surface area contributed by atoms with Crippen LogP contribution in [-0.4, -0.2) is 75.4 Å². The van der Waals surface area contributed by atoms with Crippen LogP contribution in [0, 0.1) is 6.92 Å². The average molecular weight is 561 g/mol. The number of nitrogens with two attached hydrogens (primary N) is 1. The van der Waals surface area contributed by atoms with Crippen LogP contribution in [0.5, 0.6) is 0 Å². The van der Waals surface area contributed by atoms with Gasteiger partial charge in [0.25, 0.3) is 15.7 Å². The van der Waals surface area contributed by atoms with Gasteiger partial charge in [0.15, 0.2) is 20.1 Å². The molecular formula is C22H36N4O9SSi. The third-order valence-corrected chi connectivity index (χ3v) is 12.7. The summed E-state index contributed by atoms with van der Waals surface area (Å²) in [6.45, 7) is 10.9. The van der Waals surface area contributed by atoms with Crippen LogP contribution in [0.3, 0.4) is 0 Å². The van der Waals surface area contributed by atoms with Crippen molar-refractivity contribution in [3.8, 4) is 0 Å². The van der Waals surface area contributed by atoms with Crippen LogP contribution in [0.2, 0.25) is 18.1 Å². The Balaban J connectivity index is 2.26. The highest BCUT2D eigenvalue weighted by Crippen LogP contribution is 2.51. The number of ether oxygens (including phenoxy) is 2. The minimum atomic E-state index is -4.26. The molecule has 208 valence electrons. The van der Waals surface area contributed by atoms with Crippen molar-refractivity contribution in [1.29, 1.82) is 0 Å². The van der Waals surface area contributed by atoms with Crippen LogP contribution in [0.15, 0.2) is 26.9 Å². The molecule has 1 spiro atoms. The SMILES string of the molecule is Cc1cn([C@@H]2O[C@H](COC(=O)N(C)C)C3(OS(=O)(=O)C=C3N)[C@H]2O[Si](C)(C)C(C)(C)C)c(=O)n(C)c1=O. The average Bonchev–Trinajstić information content (AvgIpc) is 3.18. The summed E-state index contributed by atoms with van der Waals surface area (Å²) in [6, 6.07) is 0. The molecule has 1 aromatic rings. The maximum atomic E-state index is 13.2. The summed E-state index contributed by atoms with van der Waals surface area (Å²) in [5.74, 6) is 0. The molecule has 1 amide bonds. The maximum absolute atomic E-state index is 13.2. The standard InChI is InChI=1S/C22H36N4O9SSi/c1-13-10-26(19(28)25(7)17(13)27)18-16(34-37(8,9)21(2,3)4)22(14(23)12-36(30,31)35-22)15(33-18)11-32-20(29)24(5)6/h10,12,15-16,18H,11,23H2,1-9H3/t15-,16+,18-,22?/m1/s1. The molecule has 0 radical (unpaired) electrons. The summed E-state index contributed by atoms with van der Waals surface area (Å²) < 4.78 is 51.2. The first-order chi connectivity index (χ1) is 16.7. The van der Waals surface area contributed by atoms with E-state index in [0.717, 1.165) is 14.5 Å². The third kappa shape index (κ3) is 5.02. The molecule has 2 aliphatic rings. The van der Waals surface area contributed by atoms with Gasteiger partial charge in [-0.3, -0.25) is 13.9 Å². The Kier molecular flexibility index (Phi) is 7.37. The molecule has 0 bridgehead atoms. The smallest absolute Gasteiger partial charge is 0.409 e. The number of carbonyl (C=O) groups excluding carboxylic acids is 1. The lowest BCUT2D eigenvalue weighted by Crippen LogP contribution is -2.59. The van der Waals surface area contributed by atoms with E-state index < -0.39 is 66.4 Å². The predicted molar refractivity (Wildman–Crippen MR) is 137 cm³/mol. The van der Waals surface area contributed by atoms with Gasteiger partial charge in [0, 0.05) is 32.9 Å². The lowest BCUT2D eigenvalue weighted by molar-refractivity contribution is -0.0637. The number of carbonyl (C=O) groups is 1. The van der Waals surface area contributed by atoms with Gasteiger partial charge < -0.3 is 24.5 Å². The maximum Gasteiger partial charge on any atom is 0.409 e. The van der Waals surface area contributed by atoms with Crippen LogP contribution < -0.4 is 17.0 Å². The summed E-state index contributed by atoms with van der Waals surface area (Å²) in [6.07, 6.45) is -3.17. The minimum Gasteiger partial charge on any atom is -0.447 e. The molecule has 0 saturated carbocycles. The van der Waals surface area contributed by atoms with E-state index in [4.69, 9.17) is 23.8 Å². The van der Waals surface area contributed by atoms with E-state index in [9.17, 15) is 22.8 Å². The highest BCUT2D eigenvalue weighted by molar-refractivity contribution is 7.90. The summed E-state index contributed by atoms with van der Waals surface area (Å²) in [4.78, 5) is 39.0. The Hall–Kier alpha value is -2.46. The number of aryl methyl sites for hydroxylation is 1. The first kappa shape index (κ1) is 29.1. The van der Waals surface area contributed by atoms with Crippen molar-refractivity contribution in [1.82, 2.24) is 14.0 Å². The van der Waals surface area contributed by atoms with E-state index in [0.29, 0.717) is 0 Å². The minimum absolute atomic E-state index is 0.209. The fourth-order valence-corrected chi connectivity index (χ4v) is 6.52. The second-order valence-corrected chi connectivity index (χ2v) is 17.2. The van der Waals surface area contributed by atoms with E-state index in [-0.39, 0.29) is 16.3 Å². The van der Waals surface area contributed by atoms with Gasteiger partial charge in [-0.1, -0.05) is 20.8 Å². The van der Waals surface area contributed by atoms with E-state index in [2.05, 4.69) is 0 Å². The van der Waals surface area contributed by atoms with Gasteiger partial charge in [0.05, 0.1) is 11.1 Å². The van der Waals surface area contributed by atoms with Crippen molar-refractivity contribution in [2.75, 3.05) is 20.7 Å². The second kappa shape index (κ2) is 9.38. The van der Waals surface area contributed by atoms with Crippen LogP contribution >= 0.6 is 0 Å². The zero-order valence-corrected chi connectivity index (χ0v) is 24.4. The monoisotopic (exact) mass is 560 g/mol. The second-order valence-electron chi connectivity index (χ2n) is 11.1. The summed E-state index contributed by atoms with van der Waals surface area (Å²) in [7, 11) is -2.67. The number of hydrogen-bond acceptors (Lipinski definition) is 10. The van der Waals surface area contributed by atoms with Gasteiger partial charge in [-0.15, -0.1) is 0 Å². The molecule has 1 fully saturated rings. The van der Waals surface area contributed by atoms with Gasteiger partial charge >= 0.3 is 11.8 Å². The Bertz CT molecular complexity index is 1340. The van der Waals surface area contributed by atoms with Gasteiger partial charge in [-0.25, -0.2) is 13.8 Å². The Morgan fingerprint density at radius 3 is 2.35 bits per heavy atom. The van der Waals surface area contributed by atoms with Crippen LogP contribution in [0.1, 0.15) is 32.6 Å². The number of amides is 1. The molecule has 4 atom stereocenters. The highest BCUT2D eigenvalue weighted by Gasteiger charge is 2.67. The van der Waals surface area contributed by atoms with E-state index in [1.807, 2.05) is 33.9 Å². The molecule has 0 aliphatic carbocycles. The van der Waals surface area contributed by atoms with Crippen molar-refractivity contribution in [2.45, 2.75) is 69.9 Å². The fraction of sp³-hybridized carbons (Fsp3) is 0.682. The lowest BCUT2D eigenvalue weighted by atomic mass is 9.89. The molecule has 15 heteroatoms. The van der Waals surface area contributed by atoms with Crippen molar-refractivity contribution in [2.24, 2.45) is 12.8 Å². The zero-order valence-electron chi connectivity index (χ0n) is 22.6. The molecule has 1 saturated heterocycles. The van der Waals surface area contributed by atoms with Crippen molar-refractivity contribution in [3.05, 3.63) is 43.7 Å². The predicted octanol–water partition coefficient (Wildman–Crippen LogP) is 0.740. The van der Waals surface area contributed by atoms with Gasteiger partial charge in [-0.2, -0.15) is 8.42 Å². The van der Waals surface area contributed by atoms with E-state index in [1.54, 1.807) is 0 Å². The Morgan fingerprint density at radius 1 is 1.27 bits per heavy atom. The van der Waals surface area contributed by atoms with E-state index >= 15 is 0 Å². The first-order valence-electron chi connectivity index (χ1n) is 11.6. The largest absolute Gasteiger partial charge is 0.447 e. The van der Waals surface area contributed by atoms with Gasteiger partial charge in [0.1, 0.15) is 18.8 Å². The van der Waals surface area contributed by atoms with Crippen LogP contribution in [0.25, 0.3) is 0 Å². The molecule has 2 N–H and O–H groups in total. The number of hydrogen-bond donors (Lipinski definition) is 1. The third-order valence-electron chi connectivity index (χ3n) is 7.15. The molecular weight excluding hydrogens is 524 g/mol. The van der Waals surface area contributed by atoms with Gasteiger partial charge in [0.2, 0.25) is 0 Å². The highest BCUT2D eigenvalue weighted by atomic mass is 32.2.